The number of hydrogen-bond donors (Lipinski definition) is 2. The van der Waals surface area contributed by atoms with E-state index < -0.39 is 22.8 Å². The molecule has 2 heterocycles. The SMILES string of the molecule is CC(C)(C(=O)O)c1cc(CCc2cc(C(C)(C)C(=O)O)nn2-c2ccccc2)n(-c2ccccc2)n1. The monoisotopic (exact) mass is 486 g/mol. The second-order valence-electron chi connectivity index (χ2n) is 9.90. The van der Waals surface area contributed by atoms with Crippen LogP contribution in [-0.4, -0.2) is 41.7 Å². The van der Waals surface area contributed by atoms with Gasteiger partial charge < -0.3 is 10.2 Å². The second kappa shape index (κ2) is 9.45. The Morgan fingerprint density at radius 1 is 0.667 bits per heavy atom. The van der Waals surface area contributed by atoms with Gasteiger partial charge in [-0.15, -0.1) is 0 Å². The highest BCUT2D eigenvalue weighted by Crippen LogP contribution is 2.28. The van der Waals surface area contributed by atoms with Crippen molar-refractivity contribution in [1.82, 2.24) is 19.6 Å². The Hall–Kier alpha value is -4.20. The van der Waals surface area contributed by atoms with Crippen molar-refractivity contribution < 1.29 is 19.8 Å². The Kier molecular flexibility index (Phi) is 6.54. The summed E-state index contributed by atoms with van der Waals surface area (Å²) in [5.41, 5.74) is 2.01. The summed E-state index contributed by atoms with van der Waals surface area (Å²) in [6.07, 6.45) is 1.09. The Labute approximate surface area is 209 Å². The summed E-state index contributed by atoms with van der Waals surface area (Å²) in [6, 6.07) is 22.9. The molecule has 0 amide bonds. The molecule has 0 aliphatic rings. The topological polar surface area (TPSA) is 110 Å². The van der Waals surface area contributed by atoms with Gasteiger partial charge in [-0.3, -0.25) is 9.59 Å². The molecule has 0 aliphatic carbocycles. The molecule has 4 rings (SSSR count). The van der Waals surface area contributed by atoms with E-state index in [1.54, 1.807) is 37.1 Å². The van der Waals surface area contributed by atoms with E-state index in [-0.39, 0.29) is 0 Å². The van der Waals surface area contributed by atoms with Crippen LogP contribution in [0.25, 0.3) is 11.4 Å². The average Bonchev–Trinajstić information content (AvgIpc) is 3.49. The van der Waals surface area contributed by atoms with Crippen LogP contribution in [0.1, 0.15) is 50.5 Å². The van der Waals surface area contributed by atoms with Crippen molar-refractivity contribution in [2.24, 2.45) is 0 Å². The van der Waals surface area contributed by atoms with Crippen molar-refractivity contribution in [2.45, 2.75) is 51.4 Å². The number of aryl methyl sites for hydroxylation is 2. The lowest BCUT2D eigenvalue weighted by atomic mass is 9.89. The third-order valence-electron chi connectivity index (χ3n) is 6.56. The van der Waals surface area contributed by atoms with Gasteiger partial charge in [-0.25, -0.2) is 9.36 Å². The van der Waals surface area contributed by atoms with Gasteiger partial charge in [-0.2, -0.15) is 10.2 Å². The van der Waals surface area contributed by atoms with Gasteiger partial charge in [0.25, 0.3) is 0 Å². The minimum Gasteiger partial charge on any atom is -0.481 e. The van der Waals surface area contributed by atoms with E-state index >= 15 is 0 Å². The molecule has 0 spiro atoms. The van der Waals surface area contributed by atoms with Crippen LogP contribution in [-0.2, 0) is 33.3 Å². The molecule has 0 aliphatic heterocycles. The zero-order valence-electron chi connectivity index (χ0n) is 20.8. The van der Waals surface area contributed by atoms with E-state index in [2.05, 4.69) is 10.2 Å². The van der Waals surface area contributed by atoms with E-state index in [0.29, 0.717) is 24.2 Å². The fourth-order valence-corrected chi connectivity index (χ4v) is 3.87. The number of aliphatic carboxylic acids is 2. The van der Waals surface area contributed by atoms with Crippen molar-refractivity contribution in [3.8, 4) is 11.4 Å². The van der Waals surface area contributed by atoms with Crippen molar-refractivity contribution in [3.63, 3.8) is 0 Å². The van der Waals surface area contributed by atoms with E-state index in [1.165, 1.54) is 0 Å². The van der Waals surface area contributed by atoms with Crippen molar-refractivity contribution in [2.75, 3.05) is 0 Å². The highest BCUT2D eigenvalue weighted by atomic mass is 16.4. The number of carbonyl (C=O) groups is 2. The van der Waals surface area contributed by atoms with Crippen molar-refractivity contribution in [1.29, 1.82) is 0 Å². The van der Waals surface area contributed by atoms with Crippen molar-refractivity contribution >= 4 is 11.9 Å². The number of hydrogen-bond acceptors (Lipinski definition) is 4. The third-order valence-corrected chi connectivity index (χ3v) is 6.56. The molecule has 8 heteroatoms. The van der Waals surface area contributed by atoms with Gasteiger partial charge in [0.2, 0.25) is 0 Å². The molecule has 0 bridgehead atoms. The van der Waals surface area contributed by atoms with E-state index in [4.69, 9.17) is 0 Å². The number of carboxylic acid groups (broad SMARTS) is 2. The Balaban J connectivity index is 1.75. The number of rotatable bonds is 9. The van der Waals surface area contributed by atoms with Gasteiger partial charge in [0.1, 0.15) is 10.8 Å². The lowest BCUT2D eigenvalue weighted by Crippen LogP contribution is -2.29. The normalized spacial score (nSPS) is 12.0. The number of benzene rings is 2. The summed E-state index contributed by atoms with van der Waals surface area (Å²) in [4.78, 5) is 23.8. The van der Waals surface area contributed by atoms with Gasteiger partial charge in [0.15, 0.2) is 0 Å². The van der Waals surface area contributed by atoms with Gasteiger partial charge in [-0.05, 0) is 76.9 Å². The standard InChI is InChI=1S/C28H30N4O4/c1-27(2,25(33)34)23-17-21(31(29-23)19-11-7-5-8-12-19)15-16-22-18-24(28(3,4)26(35)36)30-32(22)20-13-9-6-10-14-20/h5-14,17-18H,15-16H2,1-4H3,(H,33,34)(H,35,36). The predicted octanol–water partition coefficient (Wildman–Crippen LogP) is 4.57. The van der Waals surface area contributed by atoms with Crippen LogP contribution in [0, 0.1) is 0 Å². The zero-order chi connectivity index (χ0) is 26.1. The van der Waals surface area contributed by atoms with E-state index in [9.17, 15) is 19.8 Å². The van der Waals surface area contributed by atoms with Gasteiger partial charge in [0.05, 0.1) is 22.8 Å². The summed E-state index contributed by atoms with van der Waals surface area (Å²) in [5, 5.41) is 28.8. The Morgan fingerprint density at radius 3 is 1.31 bits per heavy atom. The van der Waals surface area contributed by atoms with Crippen LogP contribution in [0.3, 0.4) is 0 Å². The molecule has 2 aromatic carbocycles. The fourth-order valence-electron chi connectivity index (χ4n) is 3.87. The number of nitrogens with zero attached hydrogens (tertiary/aromatic N) is 4. The predicted molar refractivity (Wildman–Crippen MR) is 136 cm³/mol. The molecule has 36 heavy (non-hydrogen) atoms. The first-order chi connectivity index (χ1) is 17.0. The molecule has 0 saturated carbocycles. The Bertz CT molecular complexity index is 1280. The minimum atomic E-state index is -1.15. The third kappa shape index (κ3) is 4.66. The van der Waals surface area contributed by atoms with Gasteiger partial charge >= 0.3 is 11.9 Å². The molecular formula is C28H30N4O4. The first kappa shape index (κ1) is 24.9. The smallest absolute Gasteiger partial charge is 0.315 e. The molecule has 0 atom stereocenters. The Morgan fingerprint density at radius 2 is 1.00 bits per heavy atom. The van der Waals surface area contributed by atoms with Crippen LogP contribution < -0.4 is 0 Å². The summed E-state index contributed by atoms with van der Waals surface area (Å²) < 4.78 is 3.57. The van der Waals surface area contributed by atoms with Crippen LogP contribution in [0.15, 0.2) is 72.8 Å². The highest BCUT2D eigenvalue weighted by molar-refractivity contribution is 5.80. The summed E-state index contributed by atoms with van der Waals surface area (Å²) in [6.45, 7) is 6.56. The second-order valence-corrected chi connectivity index (χ2v) is 9.90. The zero-order valence-corrected chi connectivity index (χ0v) is 20.8. The fraction of sp³-hybridized carbons (Fsp3) is 0.286. The van der Waals surface area contributed by atoms with E-state index in [0.717, 1.165) is 22.8 Å². The summed E-state index contributed by atoms with van der Waals surface area (Å²) >= 11 is 0. The van der Waals surface area contributed by atoms with Crippen LogP contribution in [0.5, 0.6) is 0 Å². The van der Waals surface area contributed by atoms with Crippen LogP contribution in [0.4, 0.5) is 0 Å². The summed E-state index contributed by atoms with van der Waals surface area (Å²) in [7, 11) is 0. The van der Waals surface area contributed by atoms with Gasteiger partial charge in [-0.1, -0.05) is 36.4 Å². The molecule has 0 saturated heterocycles. The first-order valence-corrected chi connectivity index (χ1v) is 11.8. The first-order valence-electron chi connectivity index (χ1n) is 11.8. The number of carboxylic acids is 2. The number of aromatic nitrogens is 4. The van der Waals surface area contributed by atoms with Crippen LogP contribution in [0.2, 0.25) is 0 Å². The molecule has 0 fully saturated rings. The molecule has 186 valence electrons. The van der Waals surface area contributed by atoms with Gasteiger partial charge in [0, 0.05) is 11.4 Å². The largest absolute Gasteiger partial charge is 0.481 e. The van der Waals surface area contributed by atoms with Crippen molar-refractivity contribution in [3.05, 3.63) is 95.6 Å². The highest BCUT2D eigenvalue weighted by Gasteiger charge is 2.34. The lowest BCUT2D eigenvalue weighted by molar-refractivity contribution is -0.143. The lowest BCUT2D eigenvalue weighted by Gasteiger charge is -2.15. The minimum absolute atomic E-state index is 0.470. The molecule has 8 nitrogen and oxygen atoms in total. The van der Waals surface area contributed by atoms with E-state index in [1.807, 2.05) is 72.8 Å². The molecule has 2 N–H and O–H groups in total. The number of para-hydroxylation sites is 2. The molecule has 4 aromatic rings. The quantitative estimate of drug-likeness (QED) is 0.359. The maximum absolute atomic E-state index is 11.9. The average molecular weight is 487 g/mol. The molecule has 0 radical (unpaired) electrons. The maximum atomic E-state index is 11.9. The maximum Gasteiger partial charge on any atom is 0.315 e. The molecule has 0 unspecified atom stereocenters. The molecular weight excluding hydrogens is 456 g/mol. The van der Waals surface area contributed by atoms with Crippen LogP contribution >= 0.6 is 0 Å². The summed E-state index contributed by atoms with van der Waals surface area (Å²) in [5.74, 6) is -1.90. The molecule has 2 aromatic heterocycles.